The number of hydrogen-bond acceptors (Lipinski definition) is 3. The van der Waals surface area contributed by atoms with E-state index in [9.17, 15) is 5.11 Å². The minimum absolute atomic E-state index is 0.315. The third-order valence-corrected chi connectivity index (χ3v) is 3.35. The van der Waals surface area contributed by atoms with Gasteiger partial charge in [0.05, 0.1) is 0 Å². The van der Waals surface area contributed by atoms with Gasteiger partial charge in [0.1, 0.15) is 18.5 Å². The van der Waals surface area contributed by atoms with Crippen molar-refractivity contribution in [1.29, 1.82) is 0 Å². The summed E-state index contributed by atoms with van der Waals surface area (Å²) < 4.78 is 5.59. The van der Waals surface area contributed by atoms with Crippen LogP contribution in [-0.4, -0.2) is 35.8 Å². The first-order valence-electron chi connectivity index (χ1n) is 7.40. The van der Waals surface area contributed by atoms with Crippen molar-refractivity contribution in [3.8, 4) is 5.75 Å². The van der Waals surface area contributed by atoms with E-state index in [2.05, 4.69) is 24.0 Å². The van der Waals surface area contributed by atoms with Crippen molar-refractivity contribution in [3.05, 3.63) is 66.2 Å². The standard InChI is InChI=1S/C18H23NO2/c1-2-19(13-16-9-5-3-6-10-16)14-17(20)15-21-18-11-7-4-8-12-18/h3-12,17,20H,2,13-15H2,1H3/t17-/m1/s1. The monoisotopic (exact) mass is 285 g/mol. The molecule has 2 rings (SSSR count). The Balaban J connectivity index is 1.78. The van der Waals surface area contributed by atoms with Gasteiger partial charge in [-0.05, 0) is 24.2 Å². The second-order valence-corrected chi connectivity index (χ2v) is 5.09. The normalized spacial score (nSPS) is 12.3. The number of rotatable bonds is 8. The summed E-state index contributed by atoms with van der Waals surface area (Å²) in [5.41, 5.74) is 1.26. The van der Waals surface area contributed by atoms with Crippen molar-refractivity contribution in [1.82, 2.24) is 4.90 Å². The van der Waals surface area contributed by atoms with Crippen molar-refractivity contribution in [2.45, 2.75) is 19.6 Å². The number of hydrogen-bond donors (Lipinski definition) is 1. The van der Waals surface area contributed by atoms with E-state index in [-0.39, 0.29) is 0 Å². The van der Waals surface area contributed by atoms with E-state index in [1.54, 1.807) is 0 Å². The van der Waals surface area contributed by atoms with E-state index in [0.29, 0.717) is 13.2 Å². The molecule has 3 nitrogen and oxygen atoms in total. The maximum absolute atomic E-state index is 10.1. The summed E-state index contributed by atoms with van der Waals surface area (Å²) in [6.45, 7) is 4.78. The van der Waals surface area contributed by atoms with Gasteiger partial charge in [-0.25, -0.2) is 0 Å². The Morgan fingerprint density at radius 3 is 2.24 bits per heavy atom. The van der Waals surface area contributed by atoms with E-state index in [4.69, 9.17) is 4.74 Å². The molecule has 0 aliphatic rings. The Kier molecular flexibility index (Phi) is 6.25. The lowest BCUT2D eigenvalue weighted by Crippen LogP contribution is -2.35. The number of para-hydroxylation sites is 1. The summed E-state index contributed by atoms with van der Waals surface area (Å²) in [6.07, 6.45) is -0.492. The fourth-order valence-corrected chi connectivity index (χ4v) is 2.21. The lowest BCUT2D eigenvalue weighted by atomic mass is 10.2. The van der Waals surface area contributed by atoms with Gasteiger partial charge in [-0.3, -0.25) is 4.90 Å². The van der Waals surface area contributed by atoms with Crippen LogP contribution in [0.5, 0.6) is 5.75 Å². The summed E-state index contributed by atoms with van der Waals surface area (Å²) >= 11 is 0. The first-order chi connectivity index (χ1) is 10.3. The number of aliphatic hydroxyl groups excluding tert-OH is 1. The molecule has 0 unspecified atom stereocenters. The zero-order chi connectivity index (χ0) is 14.9. The van der Waals surface area contributed by atoms with E-state index >= 15 is 0 Å². The van der Waals surface area contributed by atoms with Gasteiger partial charge in [0, 0.05) is 13.1 Å². The van der Waals surface area contributed by atoms with Crippen LogP contribution in [0, 0.1) is 0 Å². The molecule has 0 saturated heterocycles. The van der Waals surface area contributed by atoms with Crippen molar-refractivity contribution in [3.63, 3.8) is 0 Å². The van der Waals surface area contributed by atoms with Gasteiger partial charge in [-0.15, -0.1) is 0 Å². The summed E-state index contributed by atoms with van der Waals surface area (Å²) in [6, 6.07) is 19.9. The van der Waals surface area contributed by atoms with Crippen LogP contribution < -0.4 is 4.74 Å². The summed E-state index contributed by atoms with van der Waals surface area (Å²) in [4.78, 5) is 2.22. The largest absolute Gasteiger partial charge is 0.491 e. The van der Waals surface area contributed by atoms with Crippen LogP contribution in [0.2, 0.25) is 0 Å². The smallest absolute Gasteiger partial charge is 0.119 e. The van der Waals surface area contributed by atoms with Gasteiger partial charge >= 0.3 is 0 Å². The maximum atomic E-state index is 10.1. The summed E-state index contributed by atoms with van der Waals surface area (Å²) in [7, 11) is 0. The average molecular weight is 285 g/mol. The topological polar surface area (TPSA) is 32.7 Å². The highest BCUT2D eigenvalue weighted by atomic mass is 16.5. The molecule has 1 N–H and O–H groups in total. The molecule has 0 saturated carbocycles. The lowest BCUT2D eigenvalue weighted by Gasteiger charge is -2.23. The van der Waals surface area contributed by atoms with Crippen LogP contribution in [0.3, 0.4) is 0 Å². The zero-order valence-electron chi connectivity index (χ0n) is 12.5. The number of aliphatic hydroxyl groups is 1. The third-order valence-electron chi connectivity index (χ3n) is 3.35. The van der Waals surface area contributed by atoms with E-state index in [1.807, 2.05) is 48.5 Å². The second kappa shape index (κ2) is 8.45. The summed E-state index contributed by atoms with van der Waals surface area (Å²) in [5.74, 6) is 0.794. The molecule has 0 aliphatic heterocycles. The molecular formula is C18H23NO2. The number of benzene rings is 2. The molecule has 0 radical (unpaired) electrons. The van der Waals surface area contributed by atoms with Crippen LogP contribution in [0.1, 0.15) is 12.5 Å². The minimum atomic E-state index is -0.492. The van der Waals surface area contributed by atoms with Crippen LogP contribution in [0.15, 0.2) is 60.7 Å². The molecule has 0 aromatic heterocycles. The first-order valence-corrected chi connectivity index (χ1v) is 7.40. The first kappa shape index (κ1) is 15.5. The zero-order valence-corrected chi connectivity index (χ0v) is 12.5. The minimum Gasteiger partial charge on any atom is -0.491 e. The highest BCUT2D eigenvalue weighted by Crippen LogP contribution is 2.09. The van der Waals surface area contributed by atoms with E-state index in [0.717, 1.165) is 18.8 Å². The van der Waals surface area contributed by atoms with E-state index in [1.165, 1.54) is 5.56 Å². The van der Waals surface area contributed by atoms with Gasteiger partial charge in [0.15, 0.2) is 0 Å². The molecule has 0 bridgehead atoms. The molecule has 0 fully saturated rings. The Labute approximate surface area is 126 Å². The van der Waals surface area contributed by atoms with Crippen molar-refractivity contribution < 1.29 is 9.84 Å². The highest BCUT2D eigenvalue weighted by molar-refractivity contribution is 5.20. The van der Waals surface area contributed by atoms with Gasteiger partial charge < -0.3 is 9.84 Å². The molecule has 0 spiro atoms. The molecular weight excluding hydrogens is 262 g/mol. The molecule has 3 heteroatoms. The molecule has 2 aromatic carbocycles. The van der Waals surface area contributed by atoms with Crippen LogP contribution in [0.25, 0.3) is 0 Å². The third kappa shape index (κ3) is 5.58. The quantitative estimate of drug-likeness (QED) is 0.809. The molecule has 21 heavy (non-hydrogen) atoms. The molecule has 112 valence electrons. The predicted octanol–water partition coefficient (Wildman–Crippen LogP) is 2.95. The van der Waals surface area contributed by atoms with Gasteiger partial charge in [-0.2, -0.15) is 0 Å². The van der Waals surface area contributed by atoms with Gasteiger partial charge in [0.25, 0.3) is 0 Å². The van der Waals surface area contributed by atoms with Crippen molar-refractivity contribution in [2.24, 2.45) is 0 Å². The molecule has 0 amide bonds. The molecule has 2 aromatic rings. The lowest BCUT2D eigenvalue weighted by molar-refractivity contribution is 0.0675. The predicted molar refractivity (Wildman–Crippen MR) is 85.3 cm³/mol. The van der Waals surface area contributed by atoms with Crippen LogP contribution in [0.4, 0.5) is 0 Å². The van der Waals surface area contributed by atoms with E-state index < -0.39 is 6.10 Å². The Morgan fingerprint density at radius 1 is 1.00 bits per heavy atom. The highest BCUT2D eigenvalue weighted by Gasteiger charge is 2.11. The van der Waals surface area contributed by atoms with Crippen molar-refractivity contribution in [2.75, 3.05) is 19.7 Å². The number of nitrogens with zero attached hydrogens (tertiary/aromatic N) is 1. The van der Waals surface area contributed by atoms with Crippen LogP contribution in [-0.2, 0) is 6.54 Å². The maximum Gasteiger partial charge on any atom is 0.119 e. The number of likely N-dealkylation sites (N-methyl/N-ethyl adjacent to an activating group) is 1. The Morgan fingerprint density at radius 2 is 1.62 bits per heavy atom. The molecule has 0 heterocycles. The summed E-state index contributed by atoms with van der Waals surface area (Å²) in [5, 5.41) is 10.1. The van der Waals surface area contributed by atoms with Crippen LogP contribution >= 0.6 is 0 Å². The molecule has 0 aliphatic carbocycles. The Bertz CT molecular complexity index is 501. The fraction of sp³-hybridized carbons (Fsp3) is 0.333. The average Bonchev–Trinajstić information content (AvgIpc) is 2.54. The Hall–Kier alpha value is -1.84. The molecule has 1 atom stereocenters. The fourth-order valence-electron chi connectivity index (χ4n) is 2.21. The van der Waals surface area contributed by atoms with Gasteiger partial charge in [-0.1, -0.05) is 55.5 Å². The second-order valence-electron chi connectivity index (χ2n) is 5.09. The van der Waals surface area contributed by atoms with Crippen molar-refractivity contribution >= 4 is 0 Å². The van der Waals surface area contributed by atoms with Gasteiger partial charge in [0.2, 0.25) is 0 Å². The SMILES string of the molecule is CCN(Cc1ccccc1)C[C@@H](O)COc1ccccc1. The number of ether oxygens (including phenoxy) is 1.